The van der Waals surface area contributed by atoms with E-state index in [4.69, 9.17) is 32.7 Å². The van der Waals surface area contributed by atoms with Crippen LogP contribution in [0.4, 0.5) is 11.4 Å². The third kappa shape index (κ3) is 7.00. The Bertz CT molecular complexity index is 1330. The SMILES string of the molecule is COc1cc(/C=C(\C#N)C(=O)Nc2cc(Cl)ccc2C)ccc1OCC(=O)Nc1ccccc1Cl. The number of halogens is 2. The normalized spacial score (nSPS) is 10.8. The number of methoxy groups -OCH3 is 1. The van der Waals surface area contributed by atoms with Gasteiger partial charge >= 0.3 is 0 Å². The first kappa shape index (κ1) is 25.6. The number of amides is 2. The lowest BCUT2D eigenvalue weighted by atomic mass is 10.1. The highest BCUT2D eigenvalue weighted by Gasteiger charge is 2.14. The molecule has 7 nitrogen and oxygen atoms in total. The minimum Gasteiger partial charge on any atom is -0.493 e. The van der Waals surface area contributed by atoms with Gasteiger partial charge in [-0.1, -0.05) is 47.5 Å². The Balaban J connectivity index is 1.70. The van der Waals surface area contributed by atoms with Crippen molar-refractivity contribution in [3.05, 3.63) is 87.4 Å². The molecule has 0 spiro atoms. The highest BCUT2D eigenvalue weighted by Crippen LogP contribution is 2.29. The van der Waals surface area contributed by atoms with Crippen LogP contribution in [0.15, 0.2) is 66.2 Å². The molecule has 0 atom stereocenters. The number of ether oxygens (including phenoxy) is 2. The van der Waals surface area contributed by atoms with Gasteiger partial charge in [0.15, 0.2) is 18.1 Å². The molecule has 2 amide bonds. The molecule has 0 saturated carbocycles. The average molecular weight is 510 g/mol. The number of carbonyl (C=O) groups excluding carboxylic acids is 2. The number of nitrogens with one attached hydrogen (secondary N) is 2. The van der Waals surface area contributed by atoms with E-state index in [1.54, 1.807) is 60.7 Å². The fourth-order valence-corrected chi connectivity index (χ4v) is 3.37. The van der Waals surface area contributed by atoms with Crippen molar-refractivity contribution < 1.29 is 19.1 Å². The van der Waals surface area contributed by atoms with Gasteiger partial charge in [-0.05, 0) is 60.5 Å². The van der Waals surface area contributed by atoms with Crippen molar-refractivity contribution in [2.45, 2.75) is 6.92 Å². The van der Waals surface area contributed by atoms with Crippen LogP contribution in [-0.2, 0) is 9.59 Å². The van der Waals surface area contributed by atoms with Crippen LogP contribution in [0.3, 0.4) is 0 Å². The van der Waals surface area contributed by atoms with Crippen LogP contribution in [0.5, 0.6) is 11.5 Å². The van der Waals surface area contributed by atoms with Crippen LogP contribution in [0, 0.1) is 18.3 Å². The van der Waals surface area contributed by atoms with Crippen LogP contribution < -0.4 is 20.1 Å². The molecule has 0 radical (unpaired) electrons. The summed E-state index contributed by atoms with van der Waals surface area (Å²) in [5.74, 6) is -0.332. The lowest BCUT2D eigenvalue weighted by Gasteiger charge is -2.12. The molecule has 0 aliphatic rings. The summed E-state index contributed by atoms with van der Waals surface area (Å²) in [5, 5.41) is 15.8. The molecule has 0 aromatic heterocycles. The van der Waals surface area contributed by atoms with Crippen LogP contribution >= 0.6 is 23.2 Å². The number of anilines is 2. The number of nitrogens with zero attached hydrogens (tertiary/aromatic N) is 1. The molecule has 0 aliphatic carbocycles. The predicted octanol–water partition coefficient (Wildman–Crippen LogP) is 5.87. The smallest absolute Gasteiger partial charge is 0.266 e. The van der Waals surface area contributed by atoms with Crippen molar-refractivity contribution in [1.29, 1.82) is 5.26 Å². The van der Waals surface area contributed by atoms with Crippen molar-refractivity contribution in [3.8, 4) is 17.6 Å². The number of benzene rings is 3. The van der Waals surface area contributed by atoms with Crippen LogP contribution in [0.1, 0.15) is 11.1 Å². The van der Waals surface area contributed by atoms with Gasteiger partial charge < -0.3 is 20.1 Å². The van der Waals surface area contributed by atoms with E-state index in [1.165, 1.54) is 13.2 Å². The van der Waals surface area contributed by atoms with E-state index in [2.05, 4.69) is 10.6 Å². The molecule has 0 unspecified atom stereocenters. The number of carbonyl (C=O) groups is 2. The number of hydrogen-bond acceptors (Lipinski definition) is 5. The van der Waals surface area contributed by atoms with E-state index < -0.39 is 11.8 Å². The van der Waals surface area contributed by atoms with E-state index in [9.17, 15) is 14.9 Å². The third-order valence-electron chi connectivity index (χ3n) is 4.82. The van der Waals surface area contributed by atoms with Crippen molar-refractivity contribution in [1.82, 2.24) is 0 Å². The molecule has 9 heteroatoms. The summed E-state index contributed by atoms with van der Waals surface area (Å²) in [6, 6.07) is 18.7. The van der Waals surface area contributed by atoms with Gasteiger partial charge in [0.25, 0.3) is 11.8 Å². The Hall–Kier alpha value is -3.99. The molecule has 0 bridgehead atoms. The second kappa shape index (κ2) is 11.9. The van der Waals surface area contributed by atoms with Gasteiger partial charge in [0.05, 0.1) is 17.8 Å². The number of para-hydroxylation sites is 1. The first-order valence-corrected chi connectivity index (χ1v) is 11.1. The largest absolute Gasteiger partial charge is 0.493 e. The lowest BCUT2D eigenvalue weighted by molar-refractivity contribution is -0.118. The molecule has 0 aliphatic heterocycles. The summed E-state index contributed by atoms with van der Waals surface area (Å²) in [4.78, 5) is 24.9. The minimum atomic E-state index is -0.576. The average Bonchev–Trinajstić information content (AvgIpc) is 2.85. The summed E-state index contributed by atoms with van der Waals surface area (Å²) in [5.41, 5.74) is 2.22. The Morgan fingerprint density at radius 3 is 2.49 bits per heavy atom. The second-order valence-corrected chi connectivity index (χ2v) is 8.15. The quantitative estimate of drug-likeness (QED) is 0.292. The molecule has 3 aromatic rings. The Kier molecular flexibility index (Phi) is 8.74. The van der Waals surface area contributed by atoms with Gasteiger partial charge in [0.1, 0.15) is 11.6 Å². The van der Waals surface area contributed by atoms with Gasteiger partial charge in [-0.3, -0.25) is 9.59 Å². The van der Waals surface area contributed by atoms with Gasteiger partial charge in [0, 0.05) is 10.7 Å². The highest BCUT2D eigenvalue weighted by atomic mass is 35.5. The maximum Gasteiger partial charge on any atom is 0.266 e. The van der Waals surface area contributed by atoms with Crippen LogP contribution in [0.2, 0.25) is 10.0 Å². The topological polar surface area (TPSA) is 100 Å². The number of nitriles is 1. The molecular weight excluding hydrogens is 489 g/mol. The summed E-state index contributed by atoms with van der Waals surface area (Å²) >= 11 is 12.0. The van der Waals surface area contributed by atoms with Crippen molar-refractivity contribution >= 4 is 52.5 Å². The predicted molar refractivity (Wildman–Crippen MR) is 137 cm³/mol. The molecule has 178 valence electrons. The van der Waals surface area contributed by atoms with E-state index >= 15 is 0 Å². The van der Waals surface area contributed by atoms with Gasteiger partial charge in [0.2, 0.25) is 0 Å². The second-order valence-electron chi connectivity index (χ2n) is 7.31. The van der Waals surface area contributed by atoms with Gasteiger partial charge in [-0.2, -0.15) is 5.26 Å². The molecule has 35 heavy (non-hydrogen) atoms. The zero-order chi connectivity index (χ0) is 25.4. The van der Waals surface area contributed by atoms with Gasteiger partial charge in [-0.15, -0.1) is 0 Å². The van der Waals surface area contributed by atoms with Crippen LogP contribution in [0.25, 0.3) is 6.08 Å². The third-order valence-corrected chi connectivity index (χ3v) is 5.38. The van der Waals surface area contributed by atoms with Crippen molar-refractivity contribution in [2.75, 3.05) is 24.4 Å². The fourth-order valence-electron chi connectivity index (χ4n) is 3.02. The highest BCUT2D eigenvalue weighted by molar-refractivity contribution is 6.33. The van der Waals surface area contributed by atoms with Gasteiger partial charge in [-0.25, -0.2) is 0 Å². The number of hydrogen-bond donors (Lipinski definition) is 2. The van der Waals surface area contributed by atoms with E-state index in [0.717, 1.165) is 5.56 Å². The zero-order valence-electron chi connectivity index (χ0n) is 18.9. The maximum absolute atomic E-state index is 12.6. The van der Waals surface area contributed by atoms with Crippen molar-refractivity contribution in [2.24, 2.45) is 0 Å². The molecule has 0 saturated heterocycles. The number of rotatable bonds is 8. The molecular formula is C26H21Cl2N3O4. The summed E-state index contributed by atoms with van der Waals surface area (Å²) in [6.07, 6.45) is 1.42. The first-order chi connectivity index (χ1) is 16.8. The van der Waals surface area contributed by atoms with E-state index in [0.29, 0.717) is 38.5 Å². The summed E-state index contributed by atoms with van der Waals surface area (Å²) < 4.78 is 10.9. The Morgan fingerprint density at radius 1 is 1.00 bits per heavy atom. The molecule has 3 rings (SSSR count). The zero-order valence-corrected chi connectivity index (χ0v) is 20.4. The number of aryl methyl sites for hydroxylation is 1. The van der Waals surface area contributed by atoms with E-state index in [1.807, 2.05) is 13.0 Å². The summed E-state index contributed by atoms with van der Waals surface area (Å²) in [6.45, 7) is 1.54. The Labute approximate surface area is 212 Å². The molecule has 3 aromatic carbocycles. The minimum absolute atomic E-state index is 0.112. The lowest BCUT2D eigenvalue weighted by Crippen LogP contribution is -2.20. The van der Waals surface area contributed by atoms with Crippen LogP contribution in [-0.4, -0.2) is 25.5 Å². The maximum atomic E-state index is 12.6. The van der Waals surface area contributed by atoms with E-state index in [-0.39, 0.29) is 12.2 Å². The first-order valence-electron chi connectivity index (χ1n) is 10.3. The molecule has 2 N–H and O–H groups in total. The standard InChI is InChI=1S/C26H21Cl2N3O4/c1-16-7-9-19(27)13-22(16)31-26(33)18(14-29)11-17-8-10-23(24(12-17)34-2)35-15-25(32)30-21-6-4-3-5-20(21)28/h3-13H,15H2,1-2H3,(H,30,32)(H,31,33)/b18-11+. The fraction of sp³-hybridized carbons (Fsp3) is 0.115. The molecule has 0 heterocycles. The van der Waals surface area contributed by atoms with Crippen molar-refractivity contribution in [3.63, 3.8) is 0 Å². The monoisotopic (exact) mass is 509 g/mol. The molecule has 0 fully saturated rings. The Morgan fingerprint density at radius 2 is 1.77 bits per heavy atom. The summed E-state index contributed by atoms with van der Waals surface area (Å²) in [7, 11) is 1.44.